The van der Waals surface area contributed by atoms with Gasteiger partial charge in [-0.05, 0) is 49.6 Å². The molecule has 1 heterocycles. The van der Waals surface area contributed by atoms with Gasteiger partial charge in [-0.2, -0.15) is 5.26 Å². The highest BCUT2D eigenvalue weighted by Gasteiger charge is 2.14. The summed E-state index contributed by atoms with van der Waals surface area (Å²) in [6.45, 7) is 4.02. The summed E-state index contributed by atoms with van der Waals surface area (Å²) in [5.74, 6) is 0.753. The minimum absolute atomic E-state index is 0.0536. The summed E-state index contributed by atoms with van der Waals surface area (Å²) >= 11 is 1.53. The average molecular weight is 349 g/mol. The van der Waals surface area contributed by atoms with Crippen LogP contribution in [0.25, 0.3) is 16.6 Å². The van der Waals surface area contributed by atoms with Crippen LogP contribution in [-0.4, -0.2) is 15.3 Å². The highest BCUT2D eigenvalue weighted by atomic mass is 32.2. The molecule has 0 spiro atoms. The van der Waals surface area contributed by atoms with E-state index in [1.54, 1.807) is 4.57 Å². The van der Waals surface area contributed by atoms with Crippen LogP contribution in [0.5, 0.6) is 0 Å². The third kappa shape index (κ3) is 3.59. The van der Waals surface area contributed by atoms with Gasteiger partial charge in [-0.25, -0.2) is 4.98 Å². The van der Waals surface area contributed by atoms with Gasteiger partial charge in [0.1, 0.15) is 0 Å². The van der Waals surface area contributed by atoms with Gasteiger partial charge in [0.2, 0.25) is 0 Å². The molecule has 0 aliphatic carbocycles. The molecule has 3 aromatic rings. The summed E-state index contributed by atoms with van der Waals surface area (Å²) in [6, 6.07) is 15.7. The third-order valence-corrected chi connectivity index (χ3v) is 5.04. The third-order valence-electron chi connectivity index (χ3n) is 4.01. The van der Waals surface area contributed by atoms with Crippen molar-refractivity contribution >= 4 is 22.7 Å². The first-order valence-corrected chi connectivity index (χ1v) is 9.19. The van der Waals surface area contributed by atoms with Crippen molar-refractivity contribution < 1.29 is 0 Å². The van der Waals surface area contributed by atoms with Gasteiger partial charge in [-0.3, -0.25) is 9.36 Å². The number of para-hydroxylation sites is 1. The Bertz CT molecular complexity index is 1020. The molecule has 0 aliphatic heterocycles. The van der Waals surface area contributed by atoms with Gasteiger partial charge in [0, 0.05) is 12.2 Å². The molecule has 126 valence electrons. The first kappa shape index (κ1) is 17.2. The molecule has 0 bridgehead atoms. The van der Waals surface area contributed by atoms with Crippen LogP contribution in [0, 0.1) is 25.2 Å². The Morgan fingerprint density at radius 2 is 2.00 bits per heavy atom. The normalized spacial score (nSPS) is 10.8. The second kappa shape index (κ2) is 7.54. The Balaban J connectivity index is 2.20. The van der Waals surface area contributed by atoms with Crippen molar-refractivity contribution in [2.75, 3.05) is 5.75 Å². The molecule has 0 fully saturated rings. The van der Waals surface area contributed by atoms with E-state index in [0.717, 1.165) is 29.0 Å². The average Bonchev–Trinajstić information content (AvgIpc) is 2.61. The van der Waals surface area contributed by atoms with Crippen LogP contribution >= 0.6 is 11.8 Å². The first-order chi connectivity index (χ1) is 12.1. The van der Waals surface area contributed by atoms with Crippen molar-refractivity contribution in [3.05, 3.63) is 63.9 Å². The Hall–Kier alpha value is -2.58. The summed E-state index contributed by atoms with van der Waals surface area (Å²) in [6.07, 6.45) is 1.28. The molecule has 0 N–H and O–H groups in total. The van der Waals surface area contributed by atoms with Crippen molar-refractivity contribution in [3.63, 3.8) is 0 Å². The topological polar surface area (TPSA) is 58.7 Å². The number of hydrogen-bond donors (Lipinski definition) is 0. The fourth-order valence-electron chi connectivity index (χ4n) is 2.70. The number of aryl methyl sites for hydroxylation is 2. The van der Waals surface area contributed by atoms with Gasteiger partial charge in [-0.1, -0.05) is 36.0 Å². The summed E-state index contributed by atoms with van der Waals surface area (Å²) in [4.78, 5) is 17.9. The smallest absolute Gasteiger partial charge is 0.266 e. The Labute approximate surface area is 151 Å². The maximum absolute atomic E-state index is 13.2. The number of thioether (sulfide) groups is 1. The minimum atomic E-state index is -0.0536. The number of hydrogen-bond acceptors (Lipinski definition) is 4. The lowest BCUT2D eigenvalue weighted by atomic mass is 10.1. The Kier molecular flexibility index (Phi) is 5.20. The Morgan fingerprint density at radius 3 is 2.80 bits per heavy atom. The van der Waals surface area contributed by atoms with Gasteiger partial charge in [-0.15, -0.1) is 0 Å². The SMILES string of the molecule is Cc1ccc(C)c(-n2c(SCCCC#N)nc3ccccc3c2=O)c1. The molecule has 4 nitrogen and oxygen atoms in total. The predicted octanol–water partition coefficient (Wildman–Crippen LogP) is 4.40. The zero-order valence-electron chi connectivity index (χ0n) is 14.3. The molecule has 0 amide bonds. The van der Waals surface area contributed by atoms with E-state index in [0.29, 0.717) is 22.5 Å². The van der Waals surface area contributed by atoms with E-state index in [4.69, 9.17) is 10.2 Å². The molecule has 5 heteroatoms. The number of aromatic nitrogens is 2. The highest BCUT2D eigenvalue weighted by Crippen LogP contribution is 2.24. The molecule has 0 saturated carbocycles. The zero-order valence-corrected chi connectivity index (χ0v) is 15.1. The maximum atomic E-state index is 13.2. The van der Waals surface area contributed by atoms with Crippen LogP contribution < -0.4 is 5.56 Å². The Morgan fingerprint density at radius 1 is 1.20 bits per heavy atom. The van der Waals surface area contributed by atoms with E-state index in [2.05, 4.69) is 6.07 Å². The fourth-order valence-corrected chi connectivity index (χ4v) is 3.64. The number of benzene rings is 2. The van der Waals surface area contributed by atoms with Crippen LogP contribution in [0.15, 0.2) is 52.4 Å². The monoisotopic (exact) mass is 349 g/mol. The number of nitriles is 1. The summed E-state index contributed by atoms with van der Waals surface area (Å²) < 4.78 is 1.71. The molecule has 0 aliphatic rings. The zero-order chi connectivity index (χ0) is 17.8. The second-order valence-electron chi connectivity index (χ2n) is 5.95. The highest BCUT2D eigenvalue weighted by molar-refractivity contribution is 7.99. The van der Waals surface area contributed by atoms with Crippen LogP contribution in [0.2, 0.25) is 0 Å². The van der Waals surface area contributed by atoms with Crippen molar-refractivity contribution in [1.82, 2.24) is 9.55 Å². The maximum Gasteiger partial charge on any atom is 0.266 e. The van der Waals surface area contributed by atoms with E-state index in [1.807, 2.05) is 56.3 Å². The van der Waals surface area contributed by atoms with Crippen molar-refractivity contribution in [2.45, 2.75) is 31.8 Å². The molecule has 0 atom stereocenters. The number of rotatable bonds is 5. The van der Waals surface area contributed by atoms with Gasteiger partial charge in [0.15, 0.2) is 5.16 Å². The molecule has 0 radical (unpaired) electrons. The molecule has 3 rings (SSSR count). The van der Waals surface area contributed by atoms with Crippen LogP contribution in [0.3, 0.4) is 0 Å². The van der Waals surface area contributed by atoms with Gasteiger partial charge < -0.3 is 0 Å². The lowest BCUT2D eigenvalue weighted by Gasteiger charge is -2.15. The fraction of sp³-hybridized carbons (Fsp3) is 0.250. The molecule has 2 aromatic carbocycles. The molecule has 25 heavy (non-hydrogen) atoms. The van der Waals surface area contributed by atoms with E-state index in [-0.39, 0.29) is 5.56 Å². The molecular weight excluding hydrogens is 330 g/mol. The number of fused-ring (bicyclic) bond motifs is 1. The largest absolute Gasteiger partial charge is 0.268 e. The van der Waals surface area contributed by atoms with Gasteiger partial charge in [0.05, 0.1) is 22.7 Å². The van der Waals surface area contributed by atoms with Crippen molar-refractivity contribution in [2.24, 2.45) is 0 Å². The van der Waals surface area contributed by atoms with Crippen molar-refractivity contribution in [1.29, 1.82) is 5.26 Å². The van der Waals surface area contributed by atoms with E-state index >= 15 is 0 Å². The molecule has 1 aromatic heterocycles. The van der Waals surface area contributed by atoms with Gasteiger partial charge >= 0.3 is 0 Å². The summed E-state index contributed by atoms with van der Waals surface area (Å²) in [5.41, 5.74) is 3.65. The second-order valence-corrected chi connectivity index (χ2v) is 7.01. The van der Waals surface area contributed by atoms with Gasteiger partial charge in [0.25, 0.3) is 5.56 Å². The van der Waals surface area contributed by atoms with Crippen LogP contribution in [0.4, 0.5) is 0 Å². The molecule has 0 saturated heterocycles. The molecular formula is C20H19N3OS. The quantitative estimate of drug-likeness (QED) is 0.389. The predicted molar refractivity (Wildman–Crippen MR) is 102 cm³/mol. The summed E-state index contributed by atoms with van der Waals surface area (Å²) in [7, 11) is 0. The minimum Gasteiger partial charge on any atom is -0.268 e. The number of unbranched alkanes of at least 4 members (excludes halogenated alkanes) is 1. The van der Waals surface area contributed by atoms with E-state index in [9.17, 15) is 4.79 Å². The number of nitrogens with zero attached hydrogens (tertiary/aromatic N) is 3. The van der Waals surface area contributed by atoms with E-state index in [1.165, 1.54) is 11.8 Å². The first-order valence-electron chi connectivity index (χ1n) is 8.21. The van der Waals surface area contributed by atoms with Crippen LogP contribution in [0.1, 0.15) is 24.0 Å². The van der Waals surface area contributed by atoms with Crippen LogP contribution in [-0.2, 0) is 0 Å². The molecule has 0 unspecified atom stereocenters. The van der Waals surface area contributed by atoms with Crippen molar-refractivity contribution in [3.8, 4) is 11.8 Å². The lowest BCUT2D eigenvalue weighted by Crippen LogP contribution is -2.22. The van der Waals surface area contributed by atoms with E-state index < -0.39 is 0 Å². The lowest BCUT2D eigenvalue weighted by molar-refractivity contribution is 0.811. The standard InChI is InChI=1S/C20H19N3OS/c1-14-9-10-15(2)18(13-14)23-19(24)16-7-3-4-8-17(16)22-20(23)25-12-6-5-11-21/h3-4,7-10,13H,5-6,12H2,1-2H3. The summed E-state index contributed by atoms with van der Waals surface area (Å²) in [5, 5.41) is 10.0.